The first-order valence-electron chi connectivity index (χ1n) is 6.78. The Kier molecular flexibility index (Phi) is 4.73. The fourth-order valence-electron chi connectivity index (χ4n) is 2.62. The molecule has 0 saturated carbocycles. The van der Waals surface area contributed by atoms with Crippen LogP contribution in [0, 0.1) is 5.82 Å². The van der Waals surface area contributed by atoms with Gasteiger partial charge < -0.3 is 10.0 Å². The predicted molar refractivity (Wildman–Crippen MR) is 71.7 cm³/mol. The second-order valence-corrected chi connectivity index (χ2v) is 5.23. The smallest absolute Gasteiger partial charge is 0.389 e. The van der Waals surface area contributed by atoms with E-state index in [1.165, 1.54) is 17.9 Å². The lowest BCUT2D eigenvalue weighted by atomic mass is 10.1. The molecule has 118 valence electrons. The van der Waals surface area contributed by atoms with Crippen molar-refractivity contribution in [3.63, 3.8) is 0 Å². The van der Waals surface area contributed by atoms with Crippen LogP contribution >= 0.6 is 0 Å². The quantitative estimate of drug-likeness (QED) is 0.870. The third kappa shape index (κ3) is 4.07. The van der Waals surface area contributed by atoms with Gasteiger partial charge in [0.1, 0.15) is 5.82 Å². The predicted octanol–water partition coefficient (Wildman–Crippen LogP) is 2.56. The maximum absolute atomic E-state index is 13.8. The van der Waals surface area contributed by atoms with Gasteiger partial charge in [-0.25, -0.2) is 4.39 Å². The summed E-state index contributed by atoms with van der Waals surface area (Å²) in [6.07, 6.45) is -5.17. The van der Waals surface area contributed by atoms with E-state index in [1.54, 1.807) is 12.1 Å². The normalized spacial score (nSPS) is 18.9. The Morgan fingerprint density at radius 1 is 1.19 bits per heavy atom. The summed E-state index contributed by atoms with van der Waals surface area (Å²) in [7, 11) is 0. The number of rotatable bonds is 3. The van der Waals surface area contributed by atoms with Crippen molar-refractivity contribution < 1.29 is 22.7 Å². The highest BCUT2D eigenvalue weighted by molar-refractivity contribution is 5.55. The molecule has 1 aliphatic heterocycles. The number of hydrogen-bond acceptors (Lipinski definition) is 3. The monoisotopic (exact) mass is 306 g/mol. The maximum atomic E-state index is 13.8. The number of aliphatic hydroxyl groups excluding tert-OH is 1. The highest BCUT2D eigenvalue weighted by Gasteiger charge is 2.32. The Bertz CT molecular complexity index is 482. The van der Waals surface area contributed by atoms with Gasteiger partial charge in [0.2, 0.25) is 0 Å². The fourth-order valence-corrected chi connectivity index (χ4v) is 2.62. The van der Waals surface area contributed by atoms with E-state index in [0.717, 1.165) is 0 Å². The van der Waals surface area contributed by atoms with Crippen LogP contribution in [-0.2, 0) is 0 Å². The number of piperazine rings is 1. The van der Waals surface area contributed by atoms with Crippen molar-refractivity contribution in [2.75, 3.05) is 37.6 Å². The number of anilines is 1. The van der Waals surface area contributed by atoms with Crippen molar-refractivity contribution in [1.29, 1.82) is 0 Å². The molecule has 1 aromatic rings. The van der Waals surface area contributed by atoms with Crippen LogP contribution in [0.4, 0.5) is 23.2 Å². The van der Waals surface area contributed by atoms with E-state index in [9.17, 15) is 22.7 Å². The molecule has 1 aromatic carbocycles. The van der Waals surface area contributed by atoms with Gasteiger partial charge in [0.25, 0.3) is 0 Å². The number of nitrogens with zero attached hydrogens (tertiary/aromatic N) is 2. The average molecular weight is 306 g/mol. The summed E-state index contributed by atoms with van der Waals surface area (Å²) in [4.78, 5) is 3.15. The summed E-state index contributed by atoms with van der Waals surface area (Å²) in [5.41, 5.74) is 0.749. The van der Waals surface area contributed by atoms with Gasteiger partial charge in [-0.3, -0.25) is 4.90 Å². The molecular formula is C14H18F4N2O. The van der Waals surface area contributed by atoms with Gasteiger partial charge in [-0.15, -0.1) is 0 Å². The minimum absolute atomic E-state index is 0.196. The molecule has 21 heavy (non-hydrogen) atoms. The van der Waals surface area contributed by atoms with Crippen LogP contribution in [0.5, 0.6) is 0 Å². The first-order valence-corrected chi connectivity index (χ1v) is 6.78. The minimum atomic E-state index is -4.20. The van der Waals surface area contributed by atoms with E-state index in [4.69, 9.17) is 0 Å². The van der Waals surface area contributed by atoms with Gasteiger partial charge in [0.05, 0.1) is 12.6 Å². The third-order valence-corrected chi connectivity index (χ3v) is 3.56. The Morgan fingerprint density at radius 3 is 2.33 bits per heavy atom. The number of alkyl halides is 3. The highest BCUT2D eigenvalue weighted by Crippen LogP contribution is 2.30. The first kappa shape index (κ1) is 16.0. The molecule has 3 nitrogen and oxygen atoms in total. The summed E-state index contributed by atoms with van der Waals surface area (Å²) in [6.45, 7) is 1.82. The van der Waals surface area contributed by atoms with Crippen molar-refractivity contribution in [3.8, 4) is 0 Å². The van der Waals surface area contributed by atoms with E-state index in [0.29, 0.717) is 18.8 Å². The molecule has 1 N–H and O–H groups in total. The molecule has 0 spiro atoms. The van der Waals surface area contributed by atoms with Crippen LogP contribution in [0.25, 0.3) is 0 Å². The molecule has 0 aromatic heterocycles. The zero-order valence-corrected chi connectivity index (χ0v) is 11.7. The van der Waals surface area contributed by atoms with Gasteiger partial charge in [0.15, 0.2) is 0 Å². The standard InChI is InChI=1S/C14H18F4N2O/c1-10(21)13-11(15)3-2-4-12(13)20-7-5-19(6-8-20)9-14(16,17)18/h2-4,10,21H,5-9H2,1H3/t10-/m1/s1. The minimum Gasteiger partial charge on any atom is -0.389 e. The van der Waals surface area contributed by atoms with Gasteiger partial charge in [0, 0.05) is 37.4 Å². The third-order valence-electron chi connectivity index (χ3n) is 3.56. The molecule has 0 radical (unpaired) electrons. The lowest BCUT2D eigenvalue weighted by Crippen LogP contribution is -2.49. The molecule has 1 heterocycles. The zero-order chi connectivity index (χ0) is 15.6. The molecule has 7 heteroatoms. The lowest BCUT2D eigenvalue weighted by molar-refractivity contribution is -0.146. The van der Waals surface area contributed by atoms with E-state index in [-0.39, 0.29) is 18.7 Å². The van der Waals surface area contributed by atoms with Crippen LogP contribution in [0.2, 0.25) is 0 Å². The van der Waals surface area contributed by atoms with Gasteiger partial charge in [-0.05, 0) is 19.1 Å². The maximum Gasteiger partial charge on any atom is 0.401 e. The molecule has 0 bridgehead atoms. The van der Waals surface area contributed by atoms with Gasteiger partial charge in [-0.2, -0.15) is 13.2 Å². The molecule has 2 rings (SSSR count). The van der Waals surface area contributed by atoms with Crippen LogP contribution in [0.1, 0.15) is 18.6 Å². The van der Waals surface area contributed by atoms with Crippen molar-refractivity contribution in [2.45, 2.75) is 19.2 Å². The van der Waals surface area contributed by atoms with Crippen LogP contribution in [0.3, 0.4) is 0 Å². The van der Waals surface area contributed by atoms with E-state index in [1.807, 2.05) is 4.90 Å². The fraction of sp³-hybridized carbons (Fsp3) is 0.571. The summed E-state index contributed by atoms with van der Waals surface area (Å²) in [5, 5.41) is 9.70. The summed E-state index contributed by atoms with van der Waals surface area (Å²) in [5.74, 6) is -0.500. The van der Waals surface area contributed by atoms with E-state index in [2.05, 4.69) is 0 Å². The molecule has 0 amide bonds. The van der Waals surface area contributed by atoms with Crippen LogP contribution in [-0.4, -0.2) is 48.9 Å². The van der Waals surface area contributed by atoms with Gasteiger partial charge in [-0.1, -0.05) is 6.07 Å². The van der Waals surface area contributed by atoms with Crippen molar-refractivity contribution in [3.05, 3.63) is 29.6 Å². The molecular weight excluding hydrogens is 288 g/mol. The number of hydrogen-bond donors (Lipinski definition) is 1. The second kappa shape index (κ2) is 6.19. The lowest BCUT2D eigenvalue weighted by Gasteiger charge is -2.37. The first-order chi connectivity index (χ1) is 9.78. The Balaban J connectivity index is 2.08. The van der Waals surface area contributed by atoms with Crippen LogP contribution in [0.15, 0.2) is 18.2 Å². The SMILES string of the molecule is C[C@@H](O)c1c(F)cccc1N1CCN(CC(F)(F)F)CC1. The van der Waals surface area contributed by atoms with E-state index < -0.39 is 24.6 Å². The second-order valence-electron chi connectivity index (χ2n) is 5.23. The topological polar surface area (TPSA) is 26.7 Å². The molecule has 1 atom stereocenters. The number of aliphatic hydroxyl groups is 1. The Morgan fingerprint density at radius 2 is 1.81 bits per heavy atom. The van der Waals surface area contributed by atoms with Crippen molar-refractivity contribution >= 4 is 5.69 Å². The summed E-state index contributed by atoms with van der Waals surface area (Å²) < 4.78 is 50.8. The molecule has 0 unspecified atom stereocenters. The largest absolute Gasteiger partial charge is 0.401 e. The Labute approximate surface area is 120 Å². The molecule has 1 aliphatic rings. The highest BCUT2D eigenvalue weighted by atomic mass is 19.4. The van der Waals surface area contributed by atoms with Crippen LogP contribution < -0.4 is 4.90 Å². The summed E-state index contributed by atoms with van der Waals surface area (Å²) in [6, 6.07) is 4.49. The molecule has 1 saturated heterocycles. The number of benzene rings is 1. The average Bonchev–Trinajstić information content (AvgIpc) is 2.37. The van der Waals surface area contributed by atoms with E-state index >= 15 is 0 Å². The number of halogens is 4. The van der Waals surface area contributed by atoms with Crippen molar-refractivity contribution in [2.24, 2.45) is 0 Å². The Hall–Kier alpha value is -1.34. The summed E-state index contributed by atoms with van der Waals surface area (Å²) >= 11 is 0. The molecule has 1 fully saturated rings. The zero-order valence-electron chi connectivity index (χ0n) is 11.7. The van der Waals surface area contributed by atoms with Gasteiger partial charge >= 0.3 is 6.18 Å². The molecule has 0 aliphatic carbocycles. The van der Waals surface area contributed by atoms with Crippen molar-refractivity contribution in [1.82, 2.24) is 4.90 Å².